The predicted molar refractivity (Wildman–Crippen MR) is 134 cm³/mol. The predicted octanol–water partition coefficient (Wildman–Crippen LogP) is 3.79. The molecule has 8 heteroatoms. The normalized spacial score (nSPS) is 27.6. The van der Waals surface area contributed by atoms with Crippen LogP contribution in [0.2, 0.25) is 0 Å². The van der Waals surface area contributed by atoms with Gasteiger partial charge in [-0.25, -0.2) is 0 Å². The topological polar surface area (TPSA) is 92.7 Å². The van der Waals surface area contributed by atoms with Gasteiger partial charge in [0.2, 0.25) is 0 Å². The Morgan fingerprint density at radius 2 is 1.54 bits per heavy atom. The molecule has 1 aliphatic carbocycles. The molecule has 5 atom stereocenters. The average Bonchev–Trinajstić information content (AvgIpc) is 3.37. The van der Waals surface area contributed by atoms with E-state index in [4.69, 9.17) is 28.4 Å². The quantitative estimate of drug-likeness (QED) is 0.484. The third-order valence-electron chi connectivity index (χ3n) is 7.72. The van der Waals surface area contributed by atoms with Crippen LogP contribution in [0.5, 0.6) is 23.0 Å². The molecular formula is C29H30O8. The molecule has 0 radical (unpaired) electrons. The molecule has 1 fully saturated rings. The van der Waals surface area contributed by atoms with Crippen molar-refractivity contribution in [1.29, 1.82) is 0 Å². The van der Waals surface area contributed by atoms with Crippen LogP contribution in [0.15, 0.2) is 66.7 Å². The lowest BCUT2D eigenvalue weighted by Gasteiger charge is -2.43. The summed E-state index contributed by atoms with van der Waals surface area (Å²) in [5, 5.41) is 12.1. The number of hydrogen-bond donors (Lipinski definition) is 1. The fourth-order valence-corrected chi connectivity index (χ4v) is 6.25. The zero-order chi connectivity index (χ0) is 26.4. The Labute approximate surface area is 215 Å². The molecule has 0 spiro atoms. The Bertz CT molecular complexity index is 1290. The van der Waals surface area contributed by atoms with Crippen molar-refractivity contribution in [2.45, 2.75) is 23.2 Å². The zero-order valence-electron chi connectivity index (χ0n) is 21.4. The number of carbonyl (C=O) groups is 1. The lowest BCUT2D eigenvalue weighted by atomic mass is 9.70. The lowest BCUT2D eigenvalue weighted by Crippen LogP contribution is -2.53. The van der Waals surface area contributed by atoms with Crippen molar-refractivity contribution in [2.75, 3.05) is 35.5 Å². The Morgan fingerprint density at radius 1 is 0.865 bits per heavy atom. The molecule has 1 saturated carbocycles. The van der Waals surface area contributed by atoms with E-state index in [2.05, 4.69) is 0 Å². The number of carbonyl (C=O) groups excluding carboxylic acids is 1. The Hall–Kier alpha value is -3.75. The summed E-state index contributed by atoms with van der Waals surface area (Å²) in [6.07, 6.45) is -1.36. The number of rotatable bonds is 7. The van der Waals surface area contributed by atoms with Gasteiger partial charge >= 0.3 is 5.97 Å². The van der Waals surface area contributed by atoms with Gasteiger partial charge < -0.3 is 33.5 Å². The molecule has 1 aliphatic heterocycles. The SMILES string of the molecule is COC(=O)C1C(O)C2(OC)c3c(OC)cc(OC)cc3OC2(c2ccc(OC)cc2)C1c1ccccc1. The molecule has 3 aromatic rings. The zero-order valence-corrected chi connectivity index (χ0v) is 21.4. The molecule has 5 rings (SSSR count). The second-order valence-electron chi connectivity index (χ2n) is 9.09. The van der Waals surface area contributed by atoms with Gasteiger partial charge in [0.25, 0.3) is 0 Å². The highest BCUT2D eigenvalue weighted by Gasteiger charge is 2.79. The highest BCUT2D eigenvalue weighted by Crippen LogP contribution is 2.71. The highest BCUT2D eigenvalue weighted by molar-refractivity contribution is 5.78. The van der Waals surface area contributed by atoms with Gasteiger partial charge in [-0.15, -0.1) is 0 Å². The number of methoxy groups -OCH3 is 5. The first-order valence-electron chi connectivity index (χ1n) is 11.9. The number of ether oxygens (including phenoxy) is 6. The van der Waals surface area contributed by atoms with Crippen LogP contribution in [0.25, 0.3) is 0 Å². The van der Waals surface area contributed by atoms with E-state index in [1.807, 2.05) is 54.6 Å². The van der Waals surface area contributed by atoms with Crippen LogP contribution < -0.4 is 18.9 Å². The summed E-state index contributed by atoms with van der Waals surface area (Å²) in [5.41, 5.74) is -0.977. The third kappa shape index (κ3) is 3.25. The van der Waals surface area contributed by atoms with Crippen molar-refractivity contribution in [3.8, 4) is 23.0 Å². The summed E-state index contributed by atoms with van der Waals surface area (Å²) in [4.78, 5) is 13.4. The summed E-state index contributed by atoms with van der Waals surface area (Å²) in [6, 6.07) is 20.3. The number of hydrogen-bond acceptors (Lipinski definition) is 8. The van der Waals surface area contributed by atoms with Crippen LogP contribution in [0.3, 0.4) is 0 Å². The number of aliphatic hydroxyl groups excluding tert-OH is 1. The minimum Gasteiger partial charge on any atom is -0.497 e. The van der Waals surface area contributed by atoms with Crippen LogP contribution in [0.4, 0.5) is 0 Å². The summed E-state index contributed by atoms with van der Waals surface area (Å²) in [5.74, 6) is -0.293. The fraction of sp³-hybridized carbons (Fsp3) is 0.345. The molecule has 37 heavy (non-hydrogen) atoms. The number of fused-ring (bicyclic) bond motifs is 3. The molecule has 8 nitrogen and oxygen atoms in total. The first kappa shape index (κ1) is 24.9. The van der Waals surface area contributed by atoms with Crippen LogP contribution in [-0.4, -0.2) is 52.7 Å². The van der Waals surface area contributed by atoms with Crippen LogP contribution in [0.1, 0.15) is 22.6 Å². The molecule has 0 bridgehead atoms. The number of benzene rings is 3. The van der Waals surface area contributed by atoms with Crippen molar-refractivity contribution in [2.24, 2.45) is 5.92 Å². The molecular weight excluding hydrogens is 476 g/mol. The lowest BCUT2D eigenvalue weighted by molar-refractivity contribution is -0.176. The second-order valence-corrected chi connectivity index (χ2v) is 9.09. The molecule has 0 saturated heterocycles. The molecule has 2 aliphatic rings. The van der Waals surface area contributed by atoms with Crippen molar-refractivity contribution in [3.05, 3.63) is 83.4 Å². The maximum absolute atomic E-state index is 13.4. The standard InChI is InChI=1S/C29H30O8/c1-32-19-13-11-18(12-14-19)28-24(17-9-7-6-8-10-17)23(27(31)35-4)26(30)29(28,36-5)25-21(34-3)15-20(33-2)16-22(25)37-28/h6-16,23-24,26,30H,1-5H3. The van der Waals surface area contributed by atoms with Crippen LogP contribution in [-0.2, 0) is 25.5 Å². The van der Waals surface area contributed by atoms with E-state index < -0.39 is 35.1 Å². The van der Waals surface area contributed by atoms with Crippen LogP contribution >= 0.6 is 0 Å². The van der Waals surface area contributed by atoms with Gasteiger partial charge in [-0.2, -0.15) is 0 Å². The maximum atomic E-state index is 13.4. The largest absolute Gasteiger partial charge is 0.497 e. The first-order chi connectivity index (χ1) is 17.9. The van der Waals surface area contributed by atoms with Gasteiger partial charge in [0, 0.05) is 25.2 Å². The van der Waals surface area contributed by atoms with Crippen molar-refractivity contribution < 1.29 is 38.3 Å². The van der Waals surface area contributed by atoms with Crippen molar-refractivity contribution >= 4 is 5.97 Å². The smallest absolute Gasteiger partial charge is 0.312 e. The summed E-state index contributed by atoms with van der Waals surface area (Å²) < 4.78 is 35.2. The minimum atomic E-state index is -1.55. The minimum absolute atomic E-state index is 0.406. The number of esters is 1. The highest BCUT2D eigenvalue weighted by atomic mass is 16.6. The van der Waals surface area contributed by atoms with E-state index in [9.17, 15) is 9.90 Å². The number of aliphatic hydroxyl groups is 1. The van der Waals surface area contributed by atoms with Crippen molar-refractivity contribution in [3.63, 3.8) is 0 Å². The summed E-state index contributed by atoms with van der Waals surface area (Å²) in [6.45, 7) is 0. The molecule has 1 N–H and O–H groups in total. The molecule has 0 amide bonds. The van der Waals surface area contributed by atoms with Gasteiger partial charge in [0.1, 0.15) is 29.1 Å². The molecule has 194 valence electrons. The Balaban J connectivity index is 1.91. The van der Waals surface area contributed by atoms with E-state index in [0.29, 0.717) is 34.1 Å². The monoisotopic (exact) mass is 506 g/mol. The Morgan fingerprint density at radius 3 is 2.11 bits per heavy atom. The second kappa shape index (κ2) is 9.28. The van der Waals surface area contributed by atoms with Gasteiger partial charge in [-0.05, 0) is 23.3 Å². The van der Waals surface area contributed by atoms with Gasteiger partial charge in [-0.3, -0.25) is 4.79 Å². The van der Waals surface area contributed by atoms with Crippen LogP contribution in [0, 0.1) is 5.92 Å². The van der Waals surface area contributed by atoms with E-state index in [-0.39, 0.29) is 0 Å². The average molecular weight is 507 g/mol. The van der Waals surface area contributed by atoms with E-state index in [0.717, 1.165) is 5.56 Å². The molecule has 0 aromatic heterocycles. The van der Waals surface area contributed by atoms with E-state index >= 15 is 0 Å². The molecule has 5 unspecified atom stereocenters. The van der Waals surface area contributed by atoms with E-state index in [1.54, 1.807) is 26.4 Å². The van der Waals surface area contributed by atoms with E-state index in [1.165, 1.54) is 21.3 Å². The van der Waals surface area contributed by atoms with Crippen molar-refractivity contribution in [1.82, 2.24) is 0 Å². The van der Waals surface area contributed by atoms with Gasteiger partial charge in [0.15, 0.2) is 11.2 Å². The molecule has 1 heterocycles. The Kier molecular flexibility index (Phi) is 6.25. The summed E-state index contributed by atoms with van der Waals surface area (Å²) in [7, 11) is 7.48. The molecule has 3 aromatic carbocycles. The maximum Gasteiger partial charge on any atom is 0.312 e. The summed E-state index contributed by atoms with van der Waals surface area (Å²) >= 11 is 0. The van der Waals surface area contributed by atoms with Gasteiger partial charge in [-0.1, -0.05) is 42.5 Å². The van der Waals surface area contributed by atoms with Gasteiger partial charge in [0.05, 0.1) is 39.9 Å². The third-order valence-corrected chi connectivity index (χ3v) is 7.72. The fourth-order valence-electron chi connectivity index (χ4n) is 6.25. The first-order valence-corrected chi connectivity index (χ1v) is 11.9.